The fourth-order valence-electron chi connectivity index (χ4n) is 3.06. The molecule has 1 aromatic carbocycles. The van der Waals surface area contributed by atoms with Gasteiger partial charge in [-0.1, -0.05) is 46.1 Å². The van der Waals surface area contributed by atoms with E-state index in [9.17, 15) is 4.79 Å². The van der Waals surface area contributed by atoms with Gasteiger partial charge in [-0.05, 0) is 30.0 Å². The summed E-state index contributed by atoms with van der Waals surface area (Å²) in [5, 5.41) is 0. The third-order valence-electron chi connectivity index (χ3n) is 4.60. The van der Waals surface area contributed by atoms with E-state index < -0.39 is 0 Å². The molecule has 0 aromatic heterocycles. The Morgan fingerprint density at radius 1 is 1.27 bits per heavy atom. The zero-order valence-electron chi connectivity index (χ0n) is 14.0. The number of carbonyl (C=O) groups is 1. The van der Waals surface area contributed by atoms with Crippen LogP contribution in [0.4, 0.5) is 5.69 Å². The Morgan fingerprint density at radius 2 is 2.00 bits per heavy atom. The van der Waals surface area contributed by atoms with E-state index in [0.29, 0.717) is 5.92 Å². The molecule has 0 aliphatic carbocycles. The number of anilines is 1. The molecule has 0 saturated heterocycles. The van der Waals surface area contributed by atoms with E-state index in [1.165, 1.54) is 0 Å². The number of hydrogen-bond donors (Lipinski definition) is 1. The minimum atomic E-state index is 0.00496. The molecule has 1 amide bonds. The van der Waals surface area contributed by atoms with Crippen LogP contribution in [0.1, 0.15) is 58.1 Å². The fourth-order valence-corrected chi connectivity index (χ4v) is 3.06. The Bertz CT molecular complexity index is 512. The molecule has 0 radical (unpaired) electrons. The minimum absolute atomic E-state index is 0.00496. The monoisotopic (exact) mass is 304 g/mol. The number of unbranched alkanes of at least 4 members (excludes halogenated alkanes) is 1. The molecule has 4 nitrogen and oxygen atoms in total. The molecule has 0 saturated carbocycles. The Kier molecular flexibility index (Phi) is 5.83. The van der Waals surface area contributed by atoms with Crippen molar-refractivity contribution in [2.75, 3.05) is 18.1 Å². The summed E-state index contributed by atoms with van der Waals surface area (Å²) in [6.45, 7) is 7.36. The predicted molar refractivity (Wildman–Crippen MR) is 90.2 cm³/mol. The number of ether oxygens (including phenoxy) is 1. The quantitative estimate of drug-likeness (QED) is 0.836. The van der Waals surface area contributed by atoms with Gasteiger partial charge in [-0.15, -0.1) is 0 Å². The Hall–Kier alpha value is -1.55. The summed E-state index contributed by atoms with van der Waals surface area (Å²) in [5.41, 5.74) is 8.40. The molecule has 1 aliphatic rings. The lowest BCUT2D eigenvalue weighted by Crippen LogP contribution is -2.39. The number of carbonyl (C=O) groups excluding carboxylic acids is 1. The number of fused-ring (bicyclic) bond motifs is 1. The van der Waals surface area contributed by atoms with Gasteiger partial charge in [0.25, 0.3) is 5.91 Å². The second-order valence-electron chi connectivity index (χ2n) is 6.02. The van der Waals surface area contributed by atoms with Crippen molar-refractivity contribution in [1.82, 2.24) is 0 Å². The largest absolute Gasteiger partial charge is 0.482 e. The lowest BCUT2D eigenvalue weighted by molar-refractivity contribution is -0.121. The Morgan fingerprint density at radius 3 is 2.64 bits per heavy atom. The third kappa shape index (κ3) is 3.43. The van der Waals surface area contributed by atoms with Gasteiger partial charge in [0.2, 0.25) is 0 Å². The van der Waals surface area contributed by atoms with E-state index in [2.05, 4.69) is 20.8 Å². The first-order valence-electron chi connectivity index (χ1n) is 8.45. The fraction of sp³-hybridized carbons (Fsp3) is 0.611. The SMILES string of the molecule is CCCCN1C(=O)COc2ccc(C(N)C(CC)CC)cc21. The first kappa shape index (κ1) is 16.8. The zero-order chi connectivity index (χ0) is 16.1. The van der Waals surface area contributed by atoms with Crippen LogP contribution in [0, 0.1) is 5.92 Å². The van der Waals surface area contributed by atoms with Crippen LogP contribution >= 0.6 is 0 Å². The third-order valence-corrected chi connectivity index (χ3v) is 4.60. The van der Waals surface area contributed by atoms with E-state index in [4.69, 9.17) is 10.5 Å². The van der Waals surface area contributed by atoms with Gasteiger partial charge in [-0.3, -0.25) is 4.79 Å². The van der Waals surface area contributed by atoms with Crippen molar-refractivity contribution < 1.29 is 9.53 Å². The number of amides is 1. The average Bonchev–Trinajstić information content (AvgIpc) is 2.54. The molecular weight excluding hydrogens is 276 g/mol. The minimum Gasteiger partial charge on any atom is -0.482 e. The lowest BCUT2D eigenvalue weighted by atomic mass is 9.89. The van der Waals surface area contributed by atoms with Crippen LogP contribution in [0.2, 0.25) is 0 Å². The highest BCUT2D eigenvalue weighted by Crippen LogP contribution is 2.36. The van der Waals surface area contributed by atoms with Crippen molar-refractivity contribution in [1.29, 1.82) is 0 Å². The summed E-state index contributed by atoms with van der Waals surface area (Å²) in [5.74, 6) is 1.28. The van der Waals surface area contributed by atoms with Gasteiger partial charge in [0.05, 0.1) is 5.69 Å². The molecule has 2 rings (SSSR count). The molecule has 0 spiro atoms. The van der Waals surface area contributed by atoms with Gasteiger partial charge in [0.15, 0.2) is 6.61 Å². The molecule has 0 bridgehead atoms. The second kappa shape index (κ2) is 7.63. The Balaban J connectivity index is 2.30. The van der Waals surface area contributed by atoms with Gasteiger partial charge >= 0.3 is 0 Å². The van der Waals surface area contributed by atoms with Gasteiger partial charge < -0.3 is 15.4 Å². The molecule has 1 aliphatic heterocycles. The lowest BCUT2D eigenvalue weighted by Gasteiger charge is -2.31. The summed E-state index contributed by atoms with van der Waals surface area (Å²) >= 11 is 0. The second-order valence-corrected chi connectivity index (χ2v) is 6.02. The van der Waals surface area contributed by atoms with Crippen molar-refractivity contribution in [3.05, 3.63) is 23.8 Å². The maximum atomic E-state index is 12.2. The van der Waals surface area contributed by atoms with Gasteiger partial charge in [-0.25, -0.2) is 0 Å². The number of nitrogens with zero attached hydrogens (tertiary/aromatic N) is 1. The van der Waals surface area contributed by atoms with Crippen LogP contribution < -0.4 is 15.4 Å². The topological polar surface area (TPSA) is 55.6 Å². The number of nitrogens with two attached hydrogens (primary N) is 1. The van der Waals surface area contributed by atoms with Gasteiger partial charge in [0.1, 0.15) is 5.75 Å². The van der Waals surface area contributed by atoms with Crippen molar-refractivity contribution >= 4 is 11.6 Å². The van der Waals surface area contributed by atoms with Crippen LogP contribution in [0.3, 0.4) is 0 Å². The summed E-state index contributed by atoms with van der Waals surface area (Å²) in [6.07, 6.45) is 4.17. The maximum Gasteiger partial charge on any atom is 0.265 e. The van der Waals surface area contributed by atoms with Crippen LogP contribution in [-0.2, 0) is 4.79 Å². The van der Waals surface area contributed by atoms with Crippen molar-refractivity contribution in [2.45, 2.75) is 52.5 Å². The standard InChI is InChI=1S/C18H28N2O2/c1-4-7-10-20-15-11-14(18(19)13(5-2)6-3)8-9-16(15)22-12-17(20)21/h8-9,11,13,18H,4-7,10,12,19H2,1-3H3. The molecule has 1 unspecified atom stereocenters. The van der Waals surface area contributed by atoms with Gasteiger partial charge in [0, 0.05) is 12.6 Å². The number of benzene rings is 1. The molecule has 1 aromatic rings. The van der Waals surface area contributed by atoms with Crippen LogP contribution in [0.15, 0.2) is 18.2 Å². The molecule has 2 N–H and O–H groups in total. The van der Waals surface area contributed by atoms with Crippen LogP contribution in [0.5, 0.6) is 5.75 Å². The maximum absolute atomic E-state index is 12.2. The van der Waals surface area contributed by atoms with Gasteiger partial charge in [-0.2, -0.15) is 0 Å². The van der Waals surface area contributed by atoms with Crippen molar-refractivity contribution in [3.63, 3.8) is 0 Å². The summed E-state index contributed by atoms with van der Waals surface area (Å²) in [7, 11) is 0. The zero-order valence-corrected chi connectivity index (χ0v) is 14.0. The predicted octanol–water partition coefficient (Wildman–Crippen LogP) is 3.65. The van der Waals surface area contributed by atoms with Crippen LogP contribution in [0.25, 0.3) is 0 Å². The molecule has 22 heavy (non-hydrogen) atoms. The first-order chi connectivity index (χ1) is 10.6. The summed E-state index contributed by atoms with van der Waals surface area (Å²) < 4.78 is 5.56. The summed E-state index contributed by atoms with van der Waals surface area (Å²) in [6, 6.07) is 6.05. The first-order valence-corrected chi connectivity index (χ1v) is 8.45. The highest BCUT2D eigenvalue weighted by molar-refractivity contribution is 5.97. The highest BCUT2D eigenvalue weighted by Gasteiger charge is 2.26. The smallest absolute Gasteiger partial charge is 0.265 e. The van der Waals surface area contributed by atoms with E-state index in [0.717, 1.165) is 49.2 Å². The van der Waals surface area contributed by atoms with Crippen molar-refractivity contribution in [3.8, 4) is 5.75 Å². The van der Waals surface area contributed by atoms with Crippen molar-refractivity contribution in [2.24, 2.45) is 11.7 Å². The van der Waals surface area contributed by atoms with E-state index in [-0.39, 0.29) is 18.6 Å². The molecule has 122 valence electrons. The molecule has 1 heterocycles. The molecule has 0 fully saturated rings. The molecule has 1 atom stereocenters. The average molecular weight is 304 g/mol. The molecular formula is C18H28N2O2. The number of hydrogen-bond acceptors (Lipinski definition) is 3. The molecule has 4 heteroatoms. The number of rotatable bonds is 7. The van der Waals surface area contributed by atoms with E-state index >= 15 is 0 Å². The summed E-state index contributed by atoms with van der Waals surface area (Å²) in [4.78, 5) is 14.0. The van der Waals surface area contributed by atoms with E-state index in [1.54, 1.807) is 0 Å². The van der Waals surface area contributed by atoms with E-state index in [1.807, 2.05) is 23.1 Å². The Labute approximate surface area is 133 Å². The highest BCUT2D eigenvalue weighted by atomic mass is 16.5. The normalized spacial score (nSPS) is 15.7. The van der Waals surface area contributed by atoms with Crippen LogP contribution in [-0.4, -0.2) is 19.1 Å².